The second-order valence-electron chi connectivity index (χ2n) is 11.6. The van der Waals surface area contributed by atoms with Gasteiger partial charge < -0.3 is 34.4 Å². The van der Waals surface area contributed by atoms with Crippen molar-refractivity contribution in [3.05, 3.63) is 120 Å². The zero-order valence-electron chi connectivity index (χ0n) is 30.5. The first-order chi connectivity index (χ1) is 27.2. The van der Waals surface area contributed by atoms with Gasteiger partial charge in [-0.15, -0.1) is 0 Å². The summed E-state index contributed by atoms with van der Waals surface area (Å²) in [7, 11) is -4.02. The Labute approximate surface area is 344 Å². The second kappa shape index (κ2) is 19.7. The molecule has 7 N–H and O–H groups in total. The smallest absolute Gasteiger partial charge is 0.359 e. The number of benzene rings is 4. The molecule has 0 amide bonds. The summed E-state index contributed by atoms with van der Waals surface area (Å²) in [4.78, 5) is 20.2. The molecule has 4 aromatic carbocycles. The maximum Gasteiger partial charge on any atom is 0.359 e. The third-order valence-corrected chi connectivity index (χ3v) is 9.11. The first-order valence-electron chi connectivity index (χ1n) is 16.7. The van der Waals surface area contributed by atoms with Crippen LogP contribution >= 0.6 is 0 Å². The van der Waals surface area contributed by atoms with Crippen LogP contribution in [0.25, 0.3) is 11.4 Å². The maximum atomic E-state index is 12.3. The molecule has 1 unspecified atom stereocenters. The van der Waals surface area contributed by atoms with Gasteiger partial charge in [0.1, 0.15) is 22.9 Å². The normalized spacial score (nSPS) is 11.8. The minimum absolute atomic E-state index is 0. The van der Waals surface area contributed by atoms with Crippen LogP contribution < -0.4 is 9.86 Å². The molecule has 0 spiro atoms. The van der Waals surface area contributed by atoms with E-state index < -0.39 is 33.1 Å². The quantitative estimate of drug-likeness (QED) is 0.0424. The van der Waals surface area contributed by atoms with E-state index in [1.807, 2.05) is 37.3 Å². The minimum atomic E-state index is -4.02. The van der Waals surface area contributed by atoms with Gasteiger partial charge in [-0.2, -0.15) is 14.9 Å². The molecule has 58 heavy (non-hydrogen) atoms. The third kappa shape index (κ3) is 10.7. The van der Waals surface area contributed by atoms with Gasteiger partial charge in [-0.1, -0.05) is 43.3 Å². The van der Waals surface area contributed by atoms with Crippen LogP contribution in [0.3, 0.4) is 0 Å². The maximum absolute atomic E-state index is 12.3. The molecule has 1 radical (unpaired) electrons. The number of anilines is 1. The van der Waals surface area contributed by atoms with Crippen molar-refractivity contribution in [2.45, 2.75) is 25.2 Å². The molecular weight excluding hydrogens is 840 g/mol. The van der Waals surface area contributed by atoms with Crippen molar-refractivity contribution >= 4 is 56.8 Å². The molecule has 0 bridgehead atoms. The zero-order valence-corrected chi connectivity index (χ0v) is 33.1. The van der Waals surface area contributed by atoms with E-state index in [1.165, 1.54) is 29.1 Å². The van der Waals surface area contributed by atoms with E-state index in [0.29, 0.717) is 29.1 Å². The topological polar surface area (TPSA) is 280 Å². The number of ether oxygens (including phenoxy) is 1. The summed E-state index contributed by atoms with van der Waals surface area (Å²) in [6.45, 7) is 3.61. The Kier molecular flexibility index (Phi) is 15.0. The van der Waals surface area contributed by atoms with Crippen molar-refractivity contribution in [1.82, 2.24) is 19.6 Å². The molecule has 6 aromatic rings. The second-order valence-corrected chi connectivity index (χ2v) is 13.8. The molecule has 1 atom stereocenters. The summed E-state index contributed by atoms with van der Waals surface area (Å²) >= 11 is -2.48. The van der Waals surface area contributed by atoms with Gasteiger partial charge in [-0.3, -0.25) is 14.2 Å². The summed E-state index contributed by atoms with van der Waals surface area (Å²) in [5, 5.41) is 54.7. The number of aryl methyl sites for hydroxylation is 1. The van der Waals surface area contributed by atoms with Crippen LogP contribution in [-0.2, 0) is 49.2 Å². The zero-order chi connectivity index (χ0) is 41.3. The Balaban J connectivity index is 0.000000254. The number of carbonyl (C=O) groups is 1. The van der Waals surface area contributed by atoms with E-state index in [4.69, 9.17) is 9.88 Å². The summed E-state index contributed by atoms with van der Waals surface area (Å²) in [5.74, 6) is -1.70. The van der Waals surface area contributed by atoms with Crippen LogP contribution in [0, 0.1) is 0 Å². The Hall–Kier alpha value is -6.36. The van der Waals surface area contributed by atoms with Crippen molar-refractivity contribution in [2.75, 3.05) is 11.3 Å². The molecule has 0 aliphatic carbocycles. The molecule has 0 saturated heterocycles. The molecule has 2 heterocycles. The van der Waals surface area contributed by atoms with Gasteiger partial charge in [0.05, 0.1) is 39.7 Å². The van der Waals surface area contributed by atoms with Gasteiger partial charge in [0.15, 0.2) is 5.69 Å². The van der Waals surface area contributed by atoms with E-state index in [-0.39, 0.29) is 74.0 Å². The Morgan fingerprint density at radius 1 is 0.828 bits per heavy atom. The van der Waals surface area contributed by atoms with E-state index >= 15 is 0 Å². The van der Waals surface area contributed by atoms with Crippen LogP contribution in [0.15, 0.2) is 112 Å². The van der Waals surface area contributed by atoms with Gasteiger partial charge in [0.25, 0.3) is 0 Å². The van der Waals surface area contributed by atoms with Crippen molar-refractivity contribution in [2.24, 2.45) is 15.1 Å². The van der Waals surface area contributed by atoms with Crippen LogP contribution in [0.5, 0.6) is 23.3 Å². The Morgan fingerprint density at radius 3 is 1.88 bits per heavy atom. The molecule has 2 aromatic heterocycles. The van der Waals surface area contributed by atoms with Crippen LogP contribution in [0.1, 0.15) is 41.2 Å². The molecule has 0 saturated carbocycles. The van der Waals surface area contributed by atoms with Gasteiger partial charge in [0.2, 0.25) is 21.8 Å². The summed E-state index contributed by atoms with van der Waals surface area (Å²) in [5.41, 5.74) is 2.24. The Bertz CT molecular complexity index is 2580. The number of aromatic nitrogens is 4. The van der Waals surface area contributed by atoms with Crippen molar-refractivity contribution < 1.29 is 63.9 Å². The largest absolute Gasteiger partial charge is 0.755 e. The SMILES string of the molecule is CCOC(=O)c1nn(-c2ccccc2)c(O)c1C=Nc1cc(S(N)(=O)=O)ccc1O.CCc1nn(-c2ccccc2)c(O)c1C=Nc1cc(NS(=O)[O-])ccc1O.[Co]. The number of primary sulfonamides is 1. The molecule has 305 valence electrons. The average Bonchev–Trinajstić information content (AvgIpc) is 3.70. The van der Waals surface area contributed by atoms with Crippen LogP contribution in [0.2, 0.25) is 0 Å². The number of nitrogens with two attached hydrogens (primary N) is 1. The Morgan fingerprint density at radius 2 is 1.34 bits per heavy atom. The predicted molar refractivity (Wildman–Crippen MR) is 210 cm³/mol. The standard InChI is InChI=1S/C19H18N4O6S.C18H18N4O4S.Co/c1-2-29-19(26)17-14(18(25)23(22-17)12-6-4-3-5-7-12)11-21-15-10-13(30(20,27)28)8-9-16(15)24;1-2-15-14(18(24)22(20-15)13-6-4-3-5-7-13)11-19-16-10-12(21-27(25)26)8-9-17(16)23;/h3-11,24-25H,2H2,1H3,(H2,20,27,28);3-11,21,23-24H,2H2,1H3,(H,25,26);/p-1. The number of para-hydroxylation sites is 2. The summed E-state index contributed by atoms with van der Waals surface area (Å²) in [6.07, 6.45) is 3.04. The minimum Gasteiger partial charge on any atom is -0.755 e. The molecule has 0 fully saturated rings. The summed E-state index contributed by atoms with van der Waals surface area (Å²) < 4.78 is 54.3. The fraction of sp³-hybridized carbons (Fsp3) is 0.108. The number of hydrogen-bond donors (Lipinski definition) is 6. The van der Waals surface area contributed by atoms with Crippen LogP contribution in [-0.4, -0.2) is 82.2 Å². The first kappa shape index (κ1) is 44.4. The number of carbonyl (C=O) groups excluding carboxylic acids is 1. The molecular formula is C37H35CoN8O10S2-. The third-order valence-electron chi connectivity index (χ3n) is 7.79. The van der Waals surface area contributed by atoms with E-state index in [0.717, 1.165) is 29.1 Å². The molecule has 21 heteroatoms. The van der Waals surface area contributed by atoms with Gasteiger partial charge in [-0.25, -0.2) is 23.0 Å². The number of nitrogens with zero attached hydrogens (tertiary/aromatic N) is 6. The molecule has 0 aliphatic rings. The molecule has 0 aliphatic heterocycles. The van der Waals surface area contributed by atoms with Gasteiger partial charge >= 0.3 is 5.97 Å². The van der Waals surface area contributed by atoms with Gasteiger partial charge in [-0.05, 0) is 74.0 Å². The molecule has 18 nitrogen and oxygen atoms in total. The van der Waals surface area contributed by atoms with Crippen molar-refractivity contribution in [3.63, 3.8) is 0 Å². The fourth-order valence-corrected chi connectivity index (χ4v) is 5.94. The van der Waals surface area contributed by atoms with Crippen LogP contribution in [0.4, 0.5) is 17.1 Å². The fourth-order valence-electron chi connectivity index (χ4n) is 5.09. The number of sulfonamides is 1. The van der Waals surface area contributed by atoms with Crippen molar-refractivity contribution in [3.8, 4) is 34.6 Å². The number of phenolic OH excluding ortho intramolecular Hbond substituents is 2. The van der Waals surface area contributed by atoms with Crippen molar-refractivity contribution in [1.29, 1.82) is 0 Å². The first-order valence-corrected chi connectivity index (χ1v) is 19.4. The number of phenols is 2. The molecule has 6 rings (SSSR count). The number of rotatable bonds is 12. The van der Waals surface area contributed by atoms with E-state index in [2.05, 4.69) is 24.9 Å². The monoisotopic (exact) mass is 874 g/mol. The average molecular weight is 875 g/mol. The number of aliphatic imine (C=N–C) groups is 2. The number of aromatic hydroxyl groups is 4. The van der Waals surface area contributed by atoms with E-state index in [1.54, 1.807) is 37.3 Å². The predicted octanol–water partition coefficient (Wildman–Crippen LogP) is 4.66. The number of esters is 1. The van der Waals surface area contributed by atoms with E-state index in [9.17, 15) is 42.4 Å². The summed E-state index contributed by atoms with van der Waals surface area (Å²) in [6, 6.07) is 25.2. The number of hydrogen-bond acceptors (Lipinski definition) is 14. The number of nitrogens with one attached hydrogen (secondary N) is 1. The van der Waals surface area contributed by atoms with Gasteiger partial charge in [0, 0.05) is 46.2 Å².